The van der Waals surface area contributed by atoms with Gasteiger partial charge in [0, 0.05) is 13.1 Å². The lowest BCUT2D eigenvalue weighted by Crippen LogP contribution is -2.49. The second-order valence-electron chi connectivity index (χ2n) is 7.35. The average molecular weight is 319 g/mol. The monoisotopic (exact) mass is 319 g/mol. The van der Waals surface area contributed by atoms with E-state index in [2.05, 4.69) is 13.8 Å². The lowest BCUT2D eigenvalue weighted by atomic mass is 9.81. The van der Waals surface area contributed by atoms with E-state index in [9.17, 15) is 4.79 Å². The van der Waals surface area contributed by atoms with E-state index in [0.29, 0.717) is 23.3 Å². The fraction of sp³-hybridized carbons (Fsp3) is 0.632. The molecular weight excluding hydrogens is 290 g/mol. The molecule has 4 nitrogen and oxygen atoms in total. The van der Waals surface area contributed by atoms with Crippen LogP contribution in [0.3, 0.4) is 0 Å². The van der Waals surface area contributed by atoms with Crippen molar-refractivity contribution in [1.82, 2.24) is 4.90 Å². The molecule has 0 bridgehead atoms. The van der Waals surface area contributed by atoms with Gasteiger partial charge in [-0.25, -0.2) is 0 Å². The van der Waals surface area contributed by atoms with E-state index in [4.69, 9.17) is 9.47 Å². The Morgan fingerprint density at radius 2 is 1.65 bits per heavy atom. The lowest BCUT2D eigenvalue weighted by molar-refractivity contribution is -0.139. The first-order valence-corrected chi connectivity index (χ1v) is 8.31. The Morgan fingerprint density at radius 1 is 1.09 bits per heavy atom. The Kier molecular flexibility index (Phi) is 5.23. The second-order valence-corrected chi connectivity index (χ2v) is 7.35. The highest BCUT2D eigenvalue weighted by molar-refractivity contribution is 5.87. The number of nitrogens with zero attached hydrogens (tertiary/aromatic N) is 1. The second kappa shape index (κ2) is 6.81. The van der Waals surface area contributed by atoms with Gasteiger partial charge in [0.25, 0.3) is 0 Å². The van der Waals surface area contributed by atoms with E-state index in [1.807, 2.05) is 36.9 Å². The molecule has 1 amide bonds. The minimum atomic E-state index is -0.587. The van der Waals surface area contributed by atoms with Gasteiger partial charge in [0.05, 0.1) is 19.6 Å². The van der Waals surface area contributed by atoms with Gasteiger partial charge in [-0.3, -0.25) is 4.79 Å². The SMILES string of the molecule is COc1ccc(C(C)(C)C(=O)N2CC(C)CC(C)C2)cc1OC. The molecule has 23 heavy (non-hydrogen) atoms. The van der Waals surface area contributed by atoms with Crippen molar-refractivity contribution in [1.29, 1.82) is 0 Å². The third-order valence-electron chi connectivity index (χ3n) is 4.80. The molecule has 0 N–H and O–H groups in total. The fourth-order valence-corrected chi connectivity index (χ4v) is 3.57. The smallest absolute Gasteiger partial charge is 0.232 e. The van der Waals surface area contributed by atoms with Crippen molar-refractivity contribution in [3.8, 4) is 11.5 Å². The minimum Gasteiger partial charge on any atom is -0.493 e. The highest BCUT2D eigenvalue weighted by Gasteiger charge is 2.37. The van der Waals surface area contributed by atoms with Crippen LogP contribution in [0.15, 0.2) is 18.2 Å². The summed E-state index contributed by atoms with van der Waals surface area (Å²) in [5, 5.41) is 0. The zero-order valence-corrected chi connectivity index (χ0v) is 15.2. The maximum Gasteiger partial charge on any atom is 0.232 e. The van der Waals surface area contributed by atoms with Crippen LogP contribution in [0, 0.1) is 11.8 Å². The van der Waals surface area contributed by atoms with Gasteiger partial charge >= 0.3 is 0 Å². The number of amides is 1. The summed E-state index contributed by atoms with van der Waals surface area (Å²) in [5.74, 6) is 2.64. The third kappa shape index (κ3) is 3.62. The van der Waals surface area contributed by atoms with Gasteiger partial charge < -0.3 is 14.4 Å². The number of methoxy groups -OCH3 is 2. The van der Waals surface area contributed by atoms with Gasteiger partial charge in [-0.1, -0.05) is 19.9 Å². The standard InChI is InChI=1S/C19H29NO3/c1-13-9-14(2)12-20(11-13)18(21)19(3,4)15-7-8-16(22-5)17(10-15)23-6/h7-8,10,13-14H,9,11-12H2,1-6H3. The zero-order chi connectivity index (χ0) is 17.2. The van der Waals surface area contributed by atoms with Gasteiger partial charge in [0.1, 0.15) is 0 Å². The third-order valence-corrected chi connectivity index (χ3v) is 4.80. The molecule has 0 aromatic heterocycles. The summed E-state index contributed by atoms with van der Waals surface area (Å²) in [7, 11) is 3.23. The van der Waals surface area contributed by atoms with Crippen LogP contribution in [0.5, 0.6) is 11.5 Å². The Bertz CT molecular complexity index is 558. The van der Waals surface area contributed by atoms with E-state index in [0.717, 1.165) is 18.7 Å². The van der Waals surface area contributed by atoms with Crippen molar-refractivity contribution in [2.24, 2.45) is 11.8 Å². The summed E-state index contributed by atoms with van der Waals surface area (Å²) in [6, 6.07) is 5.73. The van der Waals surface area contributed by atoms with Crippen LogP contribution in [0.4, 0.5) is 0 Å². The van der Waals surface area contributed by atoms with Crippen molar-refractivity contribution >= 4 is 5.91 Å². The van der Waals surface area contributed by atoms with Crippen LogP contribution in [0.2, 0.25) is 0 Å². The first kappa shape index (κ1) is 17.6. The van der Waals surface area contributed by atoms with Crippen molar-refractivity contribution < 1.29 is 14.3 Å². The van der Waals surface area contributed by atoms with Crippen molar-refractivity contribution in [3.63, 3.8) is 0 Å². The largest absolute Gasteiger partial charge is 0.493 e. The number of ether oxygens (including phenoxy) is 2. The molecule has 0 saturated carbocycles. The van der Waals surface area contributed by atoms with E-state index < -0.39 is 5.41 Å². The van der Waals surface area contributed by atoms with Crippen LogP contribution in [-0.2, 0) is 10.2 Å². The molecule has 2 atom stereocenters. The number of likely N-dealkylation sites (tertiary alicyclic amines) is 1. The van der Waals surface area contributed by atoms with Gasteiger partial charge in [-0.15, -0.1) is 0 Å². The molecule has 1 aliphatic rings. The van der Waals surface area contributed by atoms with Crippen LogP contribution >= 0.6 is 0 Å². The number of hydrogen-bond acceptors (Lipinski definition) is 3. The van der Waals surface area contributed by atoms with Crippen LogP contribution in [0.25, 0.3) is 0 Å². The van der Waals surface area contributed by atoms with Crippen molar-refractivity contribution in [2.45, 2.75) is 39.5 Å². The zero-order valence-electron chi connectivity index (χ0n) is 15.2. The molecule has 1 aliphatic heterocycles. The summed E-state index contributed by atoms with van der Waals surface area (Å²) in [6.07, 6.45) is 1.20. The van der Waals surface area contributed by atoms with E-state index in [-0.39, 0.29) is 5.91 Å². The maximum atomic E-state index is 13.1. The maximum absolute atomic E-state index is 13.1. The molecule has 0 aliphatic carbocycles. The van der Waals surface area contributed by atoms with Gasteiger partial charge in [-0.2, -0.15) is 0 Å². The minimum absolute atomic E-state index is 0.183. The summed E-state index contributed by atoms with van der Waals surface area (Å²) in [6.45, 7) is 10.1. The summed E-state index contributed by atoms with van der Waals surface area (Å²) >= 11 is 0. The summed E-state index contributed by atoms with van der Waals surface area (Å²) < 4.78 is 10.7. The molecule has 1 aromatic carbocycles. The van der Waals surface area contributed by atoms with E-state index in [1.165, 1.54) is 6.42 Å². The Hall–Kier alpha value is -1.71. The van der Waals surface area contributed by atoms with Crippen molar-refractivity contribution in [3.05, 3.63) is 23.8 Å². The Balaban J connectivity index is 2.28. The first-order valence-electron chi connectivity index (χ1n) is 8.31. The molecule has 1 fully saturated rings. The molecule has 1 saturated heterocycles. The molecule has 1 aromatic rings. The van der Waals surface area contributed by atoms with E-state index in [1.54, 1.807) is 14.2 Å². The summed E-state index contributed by atoms with van der Waals surface area (Å²) in [4.78, 5) is 15.1. The highest BCUT2D eigenvalue weighted by Crippen LogP contribution is 2.35. The Labute approximate surface area is 139 Å². The number of rotatable bonds is 4. The van der Waals surface area contributed by atoms with E-state index >= 15 is 0 Å². The molecule has 4 heteroatoms. The molecule has 0 radical (unpaired) electrons. The first-order chi connectivity index (χ1) is 10.8. The average Bonchev–Trinajstić information content (AvgIpc) is 2.52. The number of piperidine rings is 1. The quantitative estimate of drug-likeness (QED) is 0.853. The fourth-order valence-electron chi connectivity index (χ4n) is 3.57. The molecule has 2 rings (SSSR count). The Morgan fingerprint density at radius 3 is 2.17 bits per heavy atom. The molecular formula is C19H29NO3. The number of hydrogen-bond donors (Lipinski definition) is 0. The van der Waals surface area contributed by atoms with Crippen LogP contribution < -0.4 is 9.47 Å². The van der Waals surface area contributed by atoms with Crippen molar-refractivity contribution in [2.75, 3.05) is 27.3 Å². The predicted octanol–water partition coefficient (Wildman–Crippen LogP) is 3.49. The number of carbonyl (C=O) groups excluding carboxylic acids is 1. The van der Waals surface area contributed by atoms with Crippen LogP contribution in [-0.4, -0.2) is 38.1 Å². The van der Waals surface area contributed by atoms with Crippen LogP contribution in [0.1, 0.15) is 39.7 Å². The van der Waals surface area contributed by atoms with Gasteiger partial charge in [-0.05, 0) is 49.8 Å². The summed E-state index contributed by atoms with van der Waals surface area (Å²) in [5.41, 5.74) is 0.363. The molecule has 2 unspecified atom stereocenters. The lowest BCUT2D eigenvalue weighted by Gasteiger charge is -2.39. The number of carbonyl (C=O) groups is 1. The van der Waals surface area contributed by atoms with Gasteiger partial charge in [0.2, 0.25) is 5.91 Å². The molecule has 1 heterocycles. The molecule has 128 valence electrons. The predicted molar refractivity (Wildman–Crippen MR) is 92.1 cm³/mol. The normalized spacial score (nSPS) is 21.9. The highest BCUT2D eigenvalue weighted by atomic mass is 16.5. The molecule has 0 spiro atoms. The topological polar surface area (TPSA) is 38.8 Å². The number of benzene rings is 1. The van der Waals surface area contributed by atoms with Gasteiger partial charge in [0.15, 0.2) is 11.5 Å².